The molecule has 0 saturated carbocycles. The van der Waals surface area contributed by atoms with Gasteiger partial charge in [0.05, 0.1) is 5.69 Å². The van der Waals surface area contributed by atoms with Crippen LogP contribution in [0, 0.1) is 0 Å². The first-order chi connectivity index (χ1) is 10.8. The molecule has 22 heavy (non-hydrogen) atoms. The van der Waals surface area contributed by atoms with Crippen LogP contribution in [0.3, 0.4) is 0 Å². The molecule has 0 amide bonds. The molecule has 1 aliphatic carbocycles. The minimum atomic E-state index is 0.321. The van der Waals surface area contributed by atoms with Crippen molar-refractivity contribution in [2.75, 3.05) is 0 Å². The largest absolute Gasteiger partial charge is 0.507 e. The highest BCUT2D eigenvalue weighted by Crippen LogP contribution is 2.43. The second-order valence-electron chi connectivity index (χ2n) is 5.47. The number of hydrogen-bond acceptors (Lipinski definition) is 2. The van der Waals surface area contributed by atoms with Crippen molar-refractivity contribution in [2.24, 2.45) is 4.99 Å². The standard InChI is InChI=1S/C20H15NO/c22-20-16(13-21-17-7-2-1-3-8-17)11-10-15-12-14-6-4-5-9-18(14)19(15)20/h1-11,13,22H,12H2. The van der Waals surface area contributed by atoms with Crippen LogP contribution < -0.4 is 0 Å². The average molecular weight is 285 g/mol. The molecule has 0 radical (unpaired) electrons. The van der Waals surface area contributed by atoms with Crippen molar-refractivity contribution in [3.8, 4) is 16.9 Å². The minimum Gasteiger partial charge on any atom is -0.507 e. The first-order valence-corrected chi connectivity index (χ1v) is 7.35. The summed E-state index contributed by atoms with van der Waals surface area (Å²) in [6, 6.07) is 22.0. The molecular weight excluding hydrogens is 270 g/mol. The number of phenolic OH excluding ortho intramolecular Hbond substituents is 1. The molecule has 0 unspecified atom stereocenters. The molecule has 3 aromatic rings. The van der Waals surface area contributed by atoms with Crippen molar-refractivity contribution in [1.29, 1.82) is 0 Å². The molecule has 0 aromatic heterocycles. The van der Waals surface area contributed by atoms with E-state index in [9.17, 15) is 5.11 Å². The monoisotopic (exact) mass is 285 g/mol. The van der Waals surface area contributed by atoms with Gasteiger partial charge in [0.25, 0.3) is 0 Å². The predicted octanol–water partition coefficient (Wildman–Crippen LogP) is 4.71. The maximum Gasteiger partial charge on any atom is 0.132 e. The van der Waals surface area contributed by atoms with Crippen molar-refractivity contribution in [3.05, 3.63) is 83.4 Å². The molecule has 106 valence electrons. The second-order valence-corrected chi connectivity index (χ2v) is 5.47. The van der Waals surface area contributed by atoms with Crippen molar-refractivity contribution < 1.29 is 5.11 Å². The Kier molecular flexibility index (Phi) is 3.01. The van der Waals surface area contributed by atoms with Gasteiger partial charge in [-0.3, -0.25) is 4.99 Å². The van der Waals surface area contributed by atoms with E-state index in [0.717, 1.165) is 28.8 Å². The van der Waals surface area contributed by atoms with E-state index in [1.54, 1.807) is 6.21 Å². The van der Waals surface area contributed by atoms with Gasteiger partial charge in [-0.25, -0.2) is 0 Å². The van der Waals surface area contributed by atoms with Crippen molar-refractivity contribution in [1.82, 2.24) is 0 Å². The van der Waals surface area contributed by atoms with Gasteiger partial charge in [-0.2, -0.15) is 0 Å². The zero-order chi connectivity index (χ0) is 14.9. The first-order valence-electron chi connectivity index (χ1n) is 7.35. The van der Waals surface area contributed by atoms with E-state index in [-0.39, 0.29) is 0 Å². The fraction of sp³-hybridized carbons (Fsp3) is 0.0500. The summed E-state index contributed by atoms with van der Waals surface area (Å²) in [6.45, 7) is 0. The van der Waals surface area contributed by atoms with Crippen LogP contribution in [0.1, 0.15) is 16.7 Å². The summed E-state index contributed by atoms with van der Waals surface area (Å²) in [4.78, 5) is 4.43. The Morgan fingerprint density at radius 2 is 1.59 bits per heavy atom. The Labute approximate surface area is 129 Å². The van der Waals surface area contributed by atoms with E-state index in [1.165, 1.54) is 11.1 Å². The highest BCUT2D eigenvalue weighted by atomic mass is 16.3. The van der Waals surface area contributed by atoms with Crippen LogP contribution in [-0.4, -0.2) is 11.3 Å². The third kappa shape index (κ3) is 2.09. The average Bonchev–Trinajstić information content (AvgIpc) is 2.94. The van der Waals surface area contributed by atoms with E-state index < -0.39 is 0 Å². The first kappa shape index (κ1) is 12.8. The molecule has 0 atom stereocenters. The number of nitrogens with zero attached hydrogens (tertiary/aromatic N) is 1. The molecule has 0 heterocycles. The van der Waals surface area contributed by atoms with Crippen molar-refractivity contribution >= 4 is 11.9 Å². The molecule has 3 aromatic carbocycles. The van der Waals surface area contributed by atoms with Crippen LogP contribution in [0.15, 0.2) is 71.7 Å². The third-order valence-electron chi connectivity index (χ3n) is 4.07. The van der Waals surface area contributed by atoms with E-state index >= 15 is 0 Å². The van der Waals surface area contributed by atoms with Crippen LogP contribution in [-0.2, 0) is 6.42 Å². The summed E-state index contributed by atoms with van der Waals surface area (Å²) in [7, 11) is 0. The number of phenols is 1. The Morgan fingerprint density at radius 3 is 2.45 bits per heavy atom. The highest BCUT2D eigenvalue weighted by molar-refractivity contribution is 5.93. The number of aliphatic imine (C=N–C) groups is 1. The van der Waals surface area contributed by atoms with Gasteiger partial charge in [0.2, 0.25) is 0 Å². The highest BCUT2D eigenvalue weighted by Gasteiger charge is 2.22. The van der Waals surface area contributed by atoms with Gasteiger partial charge >= 0.3 is 0 Å². The normalized spacial score (nSPS) is 12.4. The second kappa shape index (κ2) is 5.15. The van der Waals surface area contributed by atoms with E-state index in [0.29, 0.717) is 5.75 Å². The topological polar surface area (TPSA) is 32.6 Å². The van der Waals surface area contributed by atoms with Gasteiger partial charge in [0.1, 0.15) is 5.75 Å². The number of rotatable bonds is 2. The van der Waals surface area contributed by atoms with Gasteiger partial charge in [-0.05, 0) is 41.3 Å². The molecule has 0 aliphatic heterocycles. The molecule has 1 N–H and O–H groups in total. The predicted molar refractivity (Wildman–Crippen MR) is 90.0 cm³/mol. The number of hydrogen-bond donors (Lipinski definition) is 1. The molecule has 0 spiro atoms. The van der Waals surface area contributed by atoms with Gasteiger partial charge in [-0.1, -0.05) is 48.5 Å². The molecule has 2 heteroatoms. The van der Waals surface area contributed by atoms with Crippen LogP contribution in [0.2, 0.25) is 0 Å². The third-order valence-corrected chi connectivity index (χ3v) is 4.07. The Morgan fingerprint density at radius 1 is 0.818 bits per heavy atom. The molecule has 2 nitrogen and oxygen atoms in total. The number of fused-ring (bicyclic) bond motifs is 3. The summed E-state index contributed by atoms with van der Waals surface area (Å²) < 4.78 is 0. The molecule has 0 bridgehead atoms. The van der Waals surface area contributed by atoms with Gasteiger partial charge in [0.15, 0.2) is 0 Å². The van der Waals surface area contributed by atoms with Gasteiger partial charge < -0.3 is 5.11 Å². The number of aromatic hydroxyl groups is 1. The molecule has 4 rings (SSSR count). The van der Waals surface area contributed by atoms with Gasteiger partial charge in [0, 0.05) is 17.3 Å². The molecule has 0 saturated heterocycles. The van der Waals surface area contributed by atoms with Crippen LogP contribution in [0.4, 0.5) is 5.69 Å². The van der Waals surface area contributed by atoms with Crippen molar-refractivity contribution in [2.45, 2.75) is 6.42 Å². The lowest BCUT2D eigenvalue weighted by atomic mass is 10.0. The summed E-state index contributed by atoms with van der Waals surface area (Å²) in [6.07, 6.45) is 2.61. The SMILES string of the molecule is Oc1c(C=Nc2ccccc2)ccc2c1-c1ccccc1C2. The fourth-order valence-electron chi connectivity index (χ4n) is 2.98. The molecule has 1 aliphatic rings. The maximum absolute atomic E-state index is 10.6. The zero-order valence-corrected chi connectivity index (χ0v) is 12.0. The zero-order valence-electron chi connectivity index (χ0n) is 12.0. The molecule has 0 fully saturated rings. The Bertz CT molecular complexity index is 866. The van der Waals surface area contributed by atoms with Crippen LogP contribution in [0.5, 0.6) is 5.75 Å². The summed E-state index contributed by atoms with van der Waals surface area (Å²) in [5, 5.41) is 10.6. The number of benzene rings is 3. The fourth-order valence-corrected chi connectivity index (χ4v) is 2.98. The molecular formula is C20H15NO. The quantitative estimate of drug-likeness (QED) is 0.531. The lowest BCUT2D eigenvalue weighted by Crippen LogP contribution is -1.88. The van der Waals surface area contributed by atoms with E-state index in [4.69, 9.17) is 0 Å². The van der Waals surface area contributed by atoms with Gasteiger partial charge in [-0.15, -0.1) is 0 Å². The summed E-state index contributed by atoms with van der Waals surface area (Å²) in [5.41, 5.74) is 6.15. The van der Waals surface area contributed by atoms with Crippen LogP contribution in [0.25, 0.3) is 11.1 Å². The van der Waals surface area contributed by atoms with Crippen LogP contribution >= 0.6 is 0 Å². The Balaban J connectivity index is 1.77. The van der Waals surface area contributed by atoms with Crippen molar-refractivity contribution in [3.63, 3.8) is 0 Å². The maximum atomic E-state index is 10.6. The Hall–Kier alpha value is -2.87. The minimum absolute atomic E-state index is 0.321. The summed E-state index contributed by atoms with van der Waals surface area (Å²) >= 11 is 0. The smallest absolute Gasteiger partial charge is 0.132 e. The summed E-state index contributed by atoms with van der Waals surface area (Å²) in [5.74, 6) is 0.321. The lowest BCUT2D eigenvalue weighted by molar-refractivity contribution is 0.476. The lowest BCUT2D eigenvalue weighted by Gasteiger charge is -2.07. The van der Waals surface area contributed by atoms with E-state index in [1.807, 2.05) is 48.5 Å². The number of para-hydroxylation sites is 1. The van der Waals surface area contributed by atoms with E-state index in [2.05, 4.69) is 23.2 Å².